The summed E-state index contributed by atoms with van der Waals surface area (Å²) < 4.78 is 19.8. The van der Waals surface area contributed by atoms with E-state index in [1.165, 1.54) is 19.2 Å². The lowest BCUT2D eigenvalue weighted by atomic mass is 10.0. The van der Waals surface area contributed by atoms with Crippen LogP contribution in [0.3, 0.4) is 0 Å². The number of hydrogen-bond donors (Lipinski definition) is 0. The van der Waals surface area contributed by atoms with Crippen molar-refractivity contribution in [1.82, 2.24) is 4.57 Å². The maximum Gasteiger partial charge on any atom is 0.343 e. The standard InChI is InChI=1S/C20H19FN2O3/c1-11-9-14(13(3)23(11)16-7-5-15(21)6-8-16)10-17-19(24)18(12(2)22-17)20(25)26-4/h5-9H,10H2,1-4H3. The van der Waals surface area contributed by atoms with Crippen LogP contribution in [0.4, 0.5) is 4.39 Å². The Balaban J connectivity index is 1.90. The van der Waals surface area contributed by atoms with Crippen LogP contribution in [0.2, 0.25) is 0 Å². The molecule has 0 aliphatic carbocycles. The van der Waals surface area contributed by atoms with Crippen molar-refractivity contribution >= 4 is 17.5 Å². The molecule has 26 heavy (non-hydrogen) atoms. The fraction of sp³-hybridized carbons (Fsp3) is 0.250. The molecule has 0 N–H and O–H groups in total. The number of rotatable bonds is 4. The van der Waals surface area contributed by atoms with Gasteiger partial charge < -0.3 is 9.30 Å². The minimum Gasteiger partial charge on any atom is -0.465 e. The summed E-state index contributed by atoms with van der Waals surface area (Å²) in [4.78, 5) is 28.5. The molecule has 134 valence electrons. The van der Waals surface area contributed by atoms with Gasteiger partial charge in [0.25, 0.3) is 0 Å². The Kier molecular flexibility index (Phi) is 4.59. The van der Waals surface area contributed by atoms with Crippen molar-refractivity contribution in [3.05, 3.63) is 64.4 Å². The van der Waals surface area contributed by atoms with Gasteiger partial charge in [-0.05, 0) is 56.7 Å². The summed E-state index contributed by atoms with van der Waals surface area (Å²) in [5.41, 5.74) is 4.37. The molecular weight excluding hydrogens is 335 g/mol. The van der Waals surface area contributed by atoms with Gasteiger partial charge in [0, 0.05) is 23.5 Å². The molecule has 0 atom stereocenters. The molecule has 0 fully saturated rings. The Bertz CT molecular complexity index is 966. The Labute approximate surface area is 150 Å². The van der Waals surface area contributed by atoms with Crippen molar-refractivity contribution in [2.45, 2.75) is 27.2 Å². The van der Waals surface area contributed by atoms with Crippen molar-refractivity contribution in [2.75, 3.05) is 7.11 Å². The Morgan fingerprint density at radius 2 is 1.85 bits per heavy atom. The molecule has 0 unspecified atom stereocenters. The number of aromatic nitrogens is 1. The van der Waals surface area contributed by atoms with E-state index in [4.69, 9.17) is 0 Å². The smallest absolute Gasteiger partial charge is 0.343 e. The third-order valence-corrected chi connectivity index (χ3v) is 4.52. The van der Waals surface area contributed by atoms with Crippen LogP contribution in [0, 0.1) is 19.7 Å². The number of ketones is 1. The molecular formula is C20H19FN2O3. The summed E-state index contributed by atoms with van der Waals surface area (Å²) in [6, 6.07) is 8.21. The van der Waals surface area contributed by atoms with Gasteiger partial charge in [0.15, 0.2) is 0 Å². The molecule has 0 radical (unpaired) electrons. The maximum absolute atomic E-state index is 13.2. The normalized spacial score (nSPS) is 14.0. The van der Waals surface area contributed by atoms with E-state index in [-0.39, 0.29) is 17.2 Å². The van der Waals surface area contributed by atoms with E-state index in [0.717, 1.165) is 22.6 Å². The molecule has 6 heteroatoms. The monoisotopic (exact) mass is 354 g/mol. The minimum atomic E-state index is -0.664. The number of benzene rings is 1. The number of carbonyl (C=O) groups is 2. The molecule has 0 spiro atoms. The van der Waals surface area contributed by atoms with E-state index in [0.29, 0.717) is 17.8 Å². The van der Waals surface area contributed by atoms with Gasteiger partial charge in [0.05, 0.1) is 18.5 Å². The second-order valence-electron chi connectivity index (χ2n) is 6.22. The van der Waals surface area contributed by atoms with Crippen molar-refractivity contribution in [1.29, 1.82) is 0 Å². The third kappa shape index (κ3) is 2.98. The first kappa shape index (κ1) is 17.8. The number of aliphatic imine (C=N–C) groups is 1. The van der Waals surface area contributed by atoms with E-state index >= 15 is 0 Å². The van der Waals surface area contributed by atoms with Crippen molar-refractivity contribution < 1.29 is 18.7 Å². The Hall–Kier alpha value is -3.02. The van der Waals surface area contributed by atoms with Crippen LogP contribution in [0.25, 0.3) is 5.69 Å². The van der Waals surface area contributed by atoms with E-state index in [9.17, 15) is 14.0 Å². The van der Waals surface area contributed by atoms with Gasteiger partial charge in [-0.15, -0.1) is 0 Å². The Morgan fingerprint density at radius 1 is 1.19 bits per heavy atom. The number of methoxy groups -OCH3 is 1. The van der Waals surface area contributed by atoms with Gasteiger partial charge in [-0.2, -0.15) is 0 Å². The number of Topliss-reactive ketones (excluding diaryl/α,β-unsaturated/α-hetero) is 1. The fourth-order valence-electron chi connectivity index (χ4n) is 3.26. The number of halogens is 1. The number of esters is 1. The predicted octanol–water partition coefficient (Wildman–Crippen LogP) is 3.25. The average Bonchev–Trinajstić information content (AvgIpc) is 3.04. The highest BCUT2D eigenvalue weighted by Crippen LogP contribution is 2.25. The lowest BCUT2D eigenvalue weighted by molar-refractivity contribution is -0.137. The lowest BCUT2D eigenvalue weighted by Gasteiger charge is -2.10. The van der Waals surface area contributed by atoms with Crippen LogP contribution in [-0.2, 0) is 20.7 Å². The van der Waals surface area contributed by atoms with E-state index < -0.39 is 5.97 Å². The van der Waals surface area contributed by atoms with Crippen molar-refractivity contribution in [3.8, 4) is 5.69 Å². The highest BCUT2D eigenvalue weighted by molar-refractivity contribution is 6.53. The van der Waals surface area contributed by atoms with E-state index in [1.54, 1.807) is 19.1 Å². The molecule has 0 saturated carbocycles. The minimum absolute atomic E-state index is 0.00478. The predicted molar refractivity (Wildman–Crippen MR) is 96.1 cm³/mol. The second kappa shape index (κ2) is 6.71. The van der Waals surface area contributed by atoms with Crippen LogP contribution in [0.15, 0.2) is 46.6 Å². The highest BCUT2D eigenvalue weighted by Gasteiger charge is 2.32. The molecule has 5 nitrogen and oxygen atoms in total. The SMILES string of the molecule is COC(=O)C1=C(C)N=C(Cc2cc(C)n(-c3ccc(F)cc3)c2C)C1=O. The first-order chi connectivity index (χ1) is 12.3. The topological polar surface area (TPSA) is 60.7 Å². The van der Waals surface area contributed by atoms with E-state index in [1.807, 2.05) is 24.5 Å². The zero-order valence-corrected chi connectivity index (χ0v) is 15.1. The third-order valence-electron chi connectivity index (χ3n) is 4.52. The molecule has 0 amide bonds. The second-order valence-corrected chi connectivity index (χ2v) is 6.22. The van der Waals surface area contributed by atoms with Gasteiger partial charge in [-0.3, -0.25) is 9.79 Å². The van der Waals surface area contributed by atoms with Crippen LogP contribution >= 0.6 is 0 Å². The van der Waals surface area contributed by atoms with Gasteiger partial charge >= 0.3 is 5.97 Å². The summed E-state index contributed by atoms with van der Waals surface area (Å²) in [6.07, 6.45) is 0.317. The summed E-state index contributed by atoms with van der Waals surface area (Å²) in [5, 5.41) is 0. The van der Waals surface area contributed by atoms with Crippen LogP contribution in [-0.4, -0.2) is 29.1 Å². The molecule has 1 aromatic heterocycles. The maximum atomic E-state index is 13.2. The van der Waals surface area contributed by atoms with Crippen molar-refractivity contribution in [2.24, 2.45) is 4.99 Å². The van der Waals surface area contributed by atoms with Crippen LogP contribution in [0.1, 0.15) is 23.9 Å². The van der Waals surface area contributed by atoms with Crippen molar-refractivity contribution in [3.63, 3.8) is 0 Å². The zero-order chi connectivity index (χ0) is 19.0. The summed E-state index contributed by atoms with van der Waals surface area (Å²) in [6.45, 7) is 5.51. The number of allylic oxidation sites excluding steroid dienone is 1. The summed E-state index contributed by atoms with van der Waals surface area (Å²) >= 11 is 0. The zero-order valence-electron chi connectivity index (χ0n) is 15.1. The van der Waals surface area contributed by atoms with Gasteiger partial charge in [-0.25, -0.2) is 9.18 Å². The summed E-state index contributed by atoms with van der Waals surface area (Å²) in [7, 11) is 1.24. The quantitative estimate of drug-likeness (QED) is 0.625. The molecule has 1 aliphatic rings. The van der Waals surface area contributed by atoms with Gasteiger partial charge in [0.1, 0.15) is 11.4 Å². The molecule has 3 rings (SSSR count). The molecule has 0 bridgehead atoms. The fourth-order valence-corrected chi connectivity index (χ4v) is 3.26. The summed E-state index contributed by atoms with van der Waals surface area (Å²) in [5.74, 6) is -1.34. The molecule has 0 saturated heterocycles. The average molecular weight is 354 g/mol. The molecule has 1 aliphatic heterocycles. The van der Waals surface area contributed by atoms with Gasteiger partial charge in [0.2, 0.25) is 5.78 Å². The molecule has 2 aromatic rings. The number of ether oxygens (including phenoxy) is 1. The largest absolute Gasteiger partial charge is 0.465 e. The first-order valence-corrected chi connectivity index (χ1v) is 8.18. The van der Waals surface area contributed by atoms with E-state index in [2.05, 4.69) is 9.73 Å². The number of aryl methyl sites for hydroxylation is 1. The number of hydrogen-bond acceptors (Lipinski definition) is 4. The first-order valence-electron chi connectivity index (χ1n) is 8.18. The van der Waals surface area contributed by atoms with Crippen LogP contribution < -0.4 is 0 Å². The molecule has 1 aromatic carbocycles. The molecule has 2 heterocycles. The van der Waals surface area contributed by atoms with Crippen LogP contribution in [0.5, 0.6) is 0 Å². The highest BCUT2D eigenvalue weighted by atomic mass is 19.1. The number of nitrogens with zero attached hydrogens (tertiary/aromatic N) is 2. The van der Waals surface area contributed by atoms with Gasteiger partial charge in [-0.1, -0.05) is 0 Å². The Morgan fingerprint density at radius 3 is 2.46 bits per heavy atom. The number of carbonyl (C=O) groups excluding carboxylic acids is 2. The lowest BCUT2D eigenvalue weighted by Crippen LogP contribution is -2.20.